The van der Waals surface area contributed by atoms with Crippen molar-refractivity contribution in [2.24, 2.45) is 0 Å². The van der Waals surface area contributed by atoms with Crippen LogP contribution in [-0.4, -0.2) is 9.97 Å². The molecule has 20 heavy (non-hydrogen) atoms. The number of nitrogens with one attached hydrogen (secondary N) is 1. The zero-order valence-corrected chi connectivity index (χ0v) is 13.7. The molecule has 1 unspecified atom stereocenters. The van der Waals surface area contributed by atoms with Gasteiger partial charge in [-0.3, -0.25) is 0 Å². The molecule has 0 spiro atoms. The number of pyridine rings is 1. The molecule has 2 aromatic heterocycles. The molecule has 0 saturated carbocycles. The summed E-state index contributed by atoms with van der Waals surface area (Å²) >= 11 is 16.1. The van der Waals surface area contributed by atoms with Crippen molar-refractivity contribution in [3.8, 4) is 0 Å². The van der Waals surface area contributed by atoms with Gasteiger partial charge in [-0.15, -0.1) is 0 Å². The molecule has 2 heterocycles. The summed E-state index contributed by atoms with van der Waals surface area (Å²) in [4.78, 5) is 7.54. The van der Waals surface area contributed by atoms with Crippen LogP contribution in [-0.2, 0) is 0 Å². The Hall–Kier alpha value is -1.03. The topological polar surface area (TPSA) is 28.7 Å². The second kappa shape index (κ2) is 5.40. The molecule has 0 aliphatic rings. The predicted molar refractivity (Wildman–Crippen MR) is 87.8 cm³/mol. The zero-order valence-electron chi connectivity index (χ0n) is 10.6. The first-order valence-corrected chi connectivity index (χ1v) is 7.69. The average Bonchev–Trinajstić information content (AvgIpc) is 2.81. The minimum atomic E-state index is 0.0843. The molecule has 3 aromatic rings. The van der Waals surface area contributed by atoms with E-state index in [0.29, 0.717) is 10.0 Å². The van der Waals surface area contributed by atoms with Crippen LogP contribution in [0.2, 0.25) is 10.0 Å². The van der Waals surface area contributed by atoms with Crippen LogP contribution in [0.5, 0.6) is 0 Å². The summed E-state index contributed by atoms with van der Waals surface area (Å²) in [7, 11) is 0. The number of aromatic amines is 1. The van der Waals surface area contributed by atoms with E-state index in [9.17, 15) is 0 Å². The fourth-order valence-electron chi connectivity index (χ4n) is 2.44. The monoisotopic (exact) mass is 368 g/mol. The average molecular weight is 370 g/mol. The van der Waals surface area contributed by atoms with Crippen LogP contribution in [0.15, 0.2) is 41.1 Å². The van der Waals surface area contributed by atoms with Gasteiger partial charge in [0, 0.05) is 38.2 Å². The minimum Gasteiger partial charge on any atom is -0.346 e. The molecule has 2 nitrogen and oxygen atoms in total. The standard InChI is InChI=1S/C15H11BrCl2N2/c1-8(14-12(17)3-2-4-13(14)18)11-7-20-15-10(11)5-9(16)6-19-15/h2-8H,1H3,(H,19,20). The van der Waals surface area contributed by atoms with Crippen LogP contribution in [0.25, 0.3) is 11.0 Å². The first-order valence-electron chi connectivity index (χ1n) is 6.14. The highest BCUT2D eigenvalue weighted by Crippen LogP contribution is 2.38. The van der Waals surface area contributed by atoms with Gasteiger partial charge in [0.25, 0.3) is 0 Å². The normalized spacial score (nSPS) is 12.8. The number of halogens is 3. The van der Waals surface area contributed by atoms with Gasteiger partial charge in [-0.05, 0) is 45.3 Å². The number of H-pyrrole nitrogens is 1. The van der Waals surface area contributed by atoms with Crippen LogP contribution < -0.4 is 0 Å². The molecular formula is C15H11BrCl2N2. The Morgan fingerprint density at radius 2 is 1.95 bits per heavy atom. The molecule has 1 aromatic carbocycles. The molecule has 0 aliphatic heterocycles. The van der Waals surface area contributed by atoms with Gasteiger partial charge in [0.2, 0.25) is 0 Å². The molecule has 0 bridgehead atoms. The van der Waals surface area contributed by atoms with Crippen molar-refractivity contribution in [3.63, 3.8) is 0 Å². The lowest BCUT2D eigenvalue weighted by Crippen LogP contribution is -1.97. The molecule has 102 valence electrons. The SMILES string of the molecule is CC(c1c(Cl)cccc1Cl)c1c[nH]c2ncc(Br)cc12. The third kappa shape index (κ3) is 2.34. The Morgan fingerprint density at radius 3 is 2.65 bits per heavy atom. The summed E-state index contributed by atoms with van der Waals surface area (Å²) in [6.07, 6.45) is 3.74. The van der Waals surface area contributed by atoms with E-state index in [-0.39, 0.29) is 5.92 Å². The van der Waals surface area contributed by atoms with Gasteiger partial charge in [-0.25, -0.2) is 4.98 Å². The molecule has 0 fully saturated rings. The lowest BCUT2D eigenvalue weighted by Gasteiger charge is -2.15. The summed E-state index contributed by atoms with van der Waals surface area (Å²) in [5, 5.41) is 2.44. The number of fused-ring (bicyclic) bond motifs is 1. The van der Waals surface area contributed by atoms with Crippen LogP contribution in [0.4, 0.5) is 0 Å². The lowest BCUT2D eigenvalue weighted by atomic mass is 9.93. The maximum Gasteiger partial charge on any atom is 0.137 e. The fourth-order valence-corrected chi connectivity index (χ4v) is 3.49. The molecule has 0 saturated heterocycles. The Kier molecular flexibility index (Phi) is 3.76. The second-order valence-corrected chi connectivity index (χ2v) is 6.38. The molecule has 1 N–H and O–H groups in total. The zero-order chi connectivity index (χ0) is 14.3. The van der Waals surface area contributed by atoms with Crippen molar-refractivity contribution in [3.05, 3.63) is 62.3 Å². The van der Waals surface area contributed by atoms with Crippen molar-refractivity contribution < 1.29 is 0 Å². The first kappa shape index (κ1) is 13.9. The van der Waals surface area contributed by atoms with Gasteiger partial charge in [-0.2, -0.15) is 0 Å². The number of rotatable bonds is 2. The maximum absolute atomic E-state index is 6.30. The Balaban J connectivity index is 2.18. The van der Waals surface area contributed by atoms with E-state index >= 15 is 0 Å². The van der Waals surface area contributed by atoms with E-state index in [1.807, 2.05) is 24.4 Å². The third-order valence-corrected chi connectivity index (χ3v) is 4.52. The van der Waals surface area contributed by atoms with Crippen LogP contribution in [0.1, 0.15) is 24.0 Å². The molecular weight excluding hydrogens is 359 g/mol. The van der Waals surface area contributed by atoms with Gasteiger partial charge in [0.15, 0.2) is 0 Å². The Morgan fingerprint density at radius 1 is 1.25 bits per heavy atom. The van der Waals surface area contributed by atoms with E-state index in [1.54, 1.807) is 6.20 Å². The number of nitrogens with zero attached hydrogens (tertiary/aromatic N) is 1. The summed E-state index contributed by atoms with van der Waals surface area (Å²) < 4.78 is 0.948. The number of aromatic nitrogens is 2. The van der Waals surface area contributed by atoms with E-state index < -0.39 is 0 Å². The van der Waals surface area contributed by atoms with Crippen LogP contribution in [0.3, 0.4) is 0 Å². The molecule has 3 rings (SSSR count). The van der Waals surface area contributed by atoms with Gasteiger partial charge < -0.3 is 4.98 Å². The highest BCUT2D eigenvalue weighted by molar-refractivity contribution is 9.10. The second-order valence-electron chi connectivity index (χ2n) is 4.65. The number of hydrogen-bond donors (Lipinski definition) is 1. The molecule has 5 heteroatoms. The van der Waals surface area contributed by atoms with Crippen LogP contribution in [0, 0.1) is 0 Å². The fraction of sp³-hybridized carbons (Fsp3) is 0.133. The van der Waals surface area contributed by atoms with Gasteiger partial charge in [-0.1, -0.05) is 36.2 Å². The van der Waals surface area contributed by atoms with Crippen molar-refractivity contribution in [1.29, 1.82) is 0 Å². The van der Waals surface area contributed by atoms with E-state index in [1.165, 1.54) is 0 Å². The minimum absolute atomic E-state index is 0.0843. The molecule has 0 radical (unpaired) electrons. The Labute approximate surface area is 135 Å². The molecule has 0 aliphatic carbocycles. The van der Waals surface area contributed by atoms with Crippen LogP contribution >= 0.6 is 39.1 Å². The van der Waals surface area contributed by atoms with Crippen molar-refractivity contribution >= 4 is 50.2 Å². The number of hydrogen-bond acceptors (Lipinski definition) is 1. The maximum atomic E-state index is 6.30. The summed E-state index contributed by atoms with van der Waals surface area (Å²) in [5.41, 5.74) is 2.93. The summed E-state index contributed by atoms with van der Waals surface area (Å²) in [6, 6.07) is 7.63. The number of benzene rings is 1. The Bertz CT molecular complexity index is 762. The van der Waals surface area contributed by atoms with Crippen molar-refractivity contribution in [2.75, 3.05) is 0 Å². The predicted octanol–water partition coefficient (Wildman–Crippen LogP) is 5.78. The quantitative estimate of drug-likeness (QED) is 0.608. The largest absolute Gasteiger partial charge is 0.346 e. The highest BCUT2D eigenvalue weighted by Gasteiger charge is 2.19. The van der Waals surface area contributed by atoms with E-state index in [0.717, 1.165) is 26.6 Å². The lowest BCUT2D eigenvalue weighted by molar-refractivity contribution is 0.932. The summed E-state index contributed by atoms with van der Waals surface area (Å²) in [5.74, 6) is 0.0843. The molecule has 0 amide bonds. The van der Waals surface area contributed by atoms with E-state index in [2.05, 4.69) is 38.9 Å². The first-order chi connectivity index (χ1) is 9.58. The highest BCUT2D eigenvalue weighted by atomic mass is 79.9. The summed E-state index contributed by atoms with van der Waals surface area (Å²) in [6.45, 7) is 2.09. The van der Waals surface area contributed by atoms with Gasteiger partial charge in [0.05, 0.1) is 0 Å². The molecule has 1 atom stereocenters. The van der Waals surface area contributed by atoms with Crippen molar-refractivity contribution in [1.82, 2.24) is 9.97 Å². The smallest absolute Gasteiger partial charge is 0.137 e. The van der Waals surface area contributed by atoms with Gasteiger partial charge >= 0.3 is 0 Å². The third-order valence-electron chi connectivity index (χ3n) is 3.43. The van der Waals surface area contributed by atoms with Gasteiger partial charge in [0.1, 0.15) is 5.65 Å². The van der Waals surface area contributed by atoms with Crippen molar-refractivity contribution in [2.45, 2.75) is 12.8 Å². The van der Waals surface area contributed by atoms with E-state index in [4.69, 9.17) is 23.2 Å².